The van der Waals surface area contributed by atoms with Crippen molar-refractivity contribution in [2.24, 2.45) is 0 Å². The number of hydrogen-bond acceptors (Lipinski definition) is 5. The summed E-state index contributed by atoms with van der Waals surface area (Å²) in [6, 6.07) is 19.1. The second-order valence-electron chi connectivity index (χ2n) is 6.52. The van der Waals surface area contributed by atoms with Crippen molar-refractivity contribution in [2.45, 2.75) is 32.3 Å². The molecule has 0 unspecified atom stereocenters. The van der Waals surface area contributed by atoms with E-state index in [1.54, 1.807) is 12.1 Å². The van der Waals surface area contributed by atoms with Gasteiger partial charge in [-0.3, -0.25) is 9.59 Å². The van der Waals surface area contributed by atoms with Crippen molar-refractivity contribution < 1.29 is 19.1 Å². The highest BCUT2D eigenvalue weighted by Crippen LogP contribution is 2.18. The molecule has 0 saturated carbocycles. The number of esters is 1. The number of fused-ring (bicyclic) bond motifs is 1. The molecule has 144 valence electrons. The van der Waals surface area contributed by atoms with E-state index < -0.39 is 0 Å². The van der Waals surface area contributed by atoms with E-state index in [0.29, 0.717) is 43.6 Å². The lowest BCUT2D eigenvalue weighted by Crippen LogP contribution is -2.03. The Morgan fingerprint density at radius 2 is 1.75 bits per heavy atom. The summed E-state index contributed by atoms with van der Waals surface area (Å²) in [6.45, 7) is 0.335. The zero-order chi connectivity index (χ0) is 19.8. The van der Waals surface area contributed by atoms with Crippen LogP contribution >= 0.6 is 0 Å². The number of unbranched alkanes of at least 4 members (excludes halogenated alkanes) is 1. The first-order valence-electron chi connectivity index (χ1n) is 9.33. The maximum Gasteiger partial charge on any atom is 0.305 e. The third-order valence-corrected chi connectivity index (χ3v) is 4.46. The Bertz CT molecular complexity index is 967. The predicted octanol–water partition coefficient (Wildman–Crippen LogP) is 4.73. The van der Waals surface area contributed by atoms with Crippen LogP contribution in [0.25, 0.3) is 10.9 Å². The number of Topliss-reactive ketones (excluding diaryl/α,β-unsaturated/α-hetero) is 1. The van der Waals surface area contributed by atoms with Crippen molar-refractivity contribution in [1.29, 1.82) is 0 Å². The van der Waals surface area contributed by atoms with Gasteiger partial charge in [-0.15, -0.1) is 0 Å². The number of ether oxygens (including phenoxy) is 2. The molecule has 0 aliphatic rings. The minimum atomic E-state index is -0.245. The molecule has 0 aliphatic heterocycles. The minimum Gasteiger partial charge on any atom is -0.487 e. The van der Waals surface area contributed by atoms with Crippen molar-refractivity contribution in [3.63, 3.8) is 0 Å². The van der Waals surface area contributed by atoms with Crippen LogP contribution in [0.5, 0.6) is 5.75 Å². The molecule has 3 rings (SSSR count). The Labute approximate surface area is 164 Å². The molecule has 0 amide bonds. The average molecular weight is 377 g/mol. The smallest absolute Gasteiger partial charge is 0.305 e. The largest absolute Gasteiger partial charge is 0.487 e. The third kappa shape index (κ3) is 5.39. The summed E-state index contributed by atoms with van der Waals surface area (Å²) in [5.41, 5.74) is 2.37. The molecule has 1 heterocycles. The Morgan fingerprint density at radius 1 is 0.929 bits per heavy atom. The molecule has 0 N–H and O–H groups in total. The van der Waals surface area contributed by atoms with Crippen LogP contribution in [0.2, 0.25) is 0 Å². The maximum atomic E-state index is 12.3. The van der Waals surface area contributed by atoms with E-state index in [-0.39, 0.29) is 11.8 Å². The molecule has 3 aromatic rings. The molecular weight excluding hydrogens is 354 g/mol. The van der Waals surface area contributed by atoms with E-state index in [0.717, 1.165) is 16.6 Å². The molecule has 0 fully saturated rings. The summed E-state index contributed by atoms with van der Waals surface area (Å²) in [7, 11) is 1.37. The molecule has 5 heteroatoms. The normalized spacial score (nSPS) is 10.6. The first-order valence-corrected chi connectivity index (χ1v) is 9.33. The monoisotopic (exact) mass is 377 g/mol. The van der Waals surface area contributed by atoms with Crippen LogP contribution in [0, 0.1) is 0 Å². The fraction of sp³-hybridized carbons (Fsp3) is 0.261. The summed E-state index contributed by atoms with van der Waals surface area (Å²) in [4.78, 5) is 28.0. The lowest BCUT2D eigenvalue weighted by atomic mass is 10.0. The van der Waals surface area contributed by atoms with Gasteiger partial charge in [-0.05, 0) is 37.1 Å². The number of methoxy groups -OCH3 is 1. The number of pyridine rings is 1. The van der Waals surface area contributed by atoms with Crippen LogP contribution in [0.4, 0.5) is 0 Å². The Kier molecular flexibility index (Phi) is 6.73. The van der Waals surface area contributed by atoms with Crippen LogP contribution in [-0.4, -0.2) is 23.8 Å². The molecule has 0 spiro atoms. The van der Waals surface area contributed by atoms with Crippen molar-refractivity contribution in [3.05, 3.63) is 71.9 Å². The van der Waals surface area contributed by atoms with Gasteiger partial charge in [-0.2, -0.15) is 0 Å². The second-order valence-corrected chi connectivity index (χ2v) is 6.52. The van der Waals surface area contributed by atoms with Crippen LogP contribution < -0.4 is 4.74 Å². The summed E-state index contributed by atoms with van der Waals surface area (Å²) in [5, 5.41) is 1.09. The van der Waals surface area contributed by atoms with Crippen molar-refractivity contribution in [2.75, 3.05) is 7.11 Å². The fourth-order valence-electron chi connectivity index (χ4n) is 2.91. The first-order chi connectivity index (χ1) is 13.7. The highest BCUT2D eigenvalue weighted by molar-refractivity contribution is 5.96. The predicted molar refractivity (Wildman–Crippen MR) is 107 cm³/mol. The zero-order valence-corrected chi connectivity index (χ0v) is 15.9. The van der Waals surface area contributed by atoms with Crippen LogP contribution in [0.1, 0.15) is 41.7 Å². The maximum absolute atomic E-state index is 12.3. The Balaban J connectivity index is 1.55. The molecule has 2 aromatic carbocycles. The SMILES string of the molecule is COC(=O)CCCCC(=O)c1cccc(OCc2ccc3ccccc3n2)c1. The Morgan fingerprint density at radius 3 is 2.61 bits per heavy atom. The molecule has 5 nitrogen and oxygen atoms in total. The first kappa shape index (κ1) is 19.5. The highest BCUT2D eigenvalue weighted by atomic mass is 16.5. The lowest BCUT2D eigenvalue weighted by molar-refractivity contribution is -0.140. The number of rotatable bonds is 9. The average Bonchev–Trinajstić information content (AvgIpc) is 2.75. The fourth-order valence-corrected chi connectivity index (χ4v) is 2.91. The van der Waals surface area contributed by atoms with E-state index in [2.05, 4.69) is 9.72 Å². The molecule has 0 atom stereocenters. The summed E-state index contributed by atoms with van der Waals surface area (Å²) >= 11 is 0. The van der Waals surface area contributed by atoms with Crippen molar-refractivity contribution in [1.82, 2.24) is 4.98 Å². The van der Waals surface area contributed by atoms with Crippen molar-refractivity contribution in [3.8, 4) is 5.75 Å². The number of para-hydroxylation sites is 1. The number of aromatic nitrogens is 1. The number of ketones is 1. The van der Waals surface area contributed by atoms with Gasteiger partial charge < -0.3 is 9.47 Å². The molecule has 0 saturated heterocycles. The molecule has 0 bridgehead atoms. The topological polar surface area (TPSA) is 65.5 Å². The van der Waals surface area contributed by atoms with Crippen LogP contribution in [-0.2, 0) is 16.1 Å². The minimum absolute atomic E-state index is 0.0409. The highest BCUT2D eigenvalue weighted by Gasteiger charge is 2.08. The van der Waals surface area contributed by atoms with E-state index in [1.807, 2.05) is 48.5 Å². The zero-order valence-electron chi connectivity index (χ0n) is 15.9. The van der Waals surface area contributed by atoms with Gasteiger partial charge in [0, 0.05) is 23.8 Å². The summed E-state index contributed by atoms with van der Waals surface area (Å²) in [5.74, 6) is 0.430. The number of hydrogen-bond donors (Lipinski definition) is 0. The molecule has 0 aliphatic carbocycles. The summed E-state index contributed by atoms with van der Waals surface area (Å²) in [6.07, 6.45) is 2.03. The molecule has 28 heavy (non-hydrogen) atoms. The van der Waals surface area contributed by atoms with Gasteiger partial charge in [0.15, 0.2) is 5.78 Å². The number of carbonyl (C=O) groups is 2. The van der Waals surface area contributed by atoms with Gasteiger partial charge in [0.25, 0.3) is 0 Å². The third-order valence-electron chi connectivity index (χ3n) is 4.46. The van der Waals surface area contributed by atoms with Gasteiger partial charge in [0.05, 0.1) is 18.3 Å². The standard InChI is InChI=1S/C23H23NO4/c1-27-23(26)12-5-4-11-22(25)18-8-6-9-20(15-18)28-16-19-14-13-17-7-2-3-10-21(17)24-19/h2-3,6-10,13-15H,4-5,11-12,16H2,1H3. The number of carbonyl (C=O) groups excluding carboxylic acids is 2. The van der Waals surface area contributed by atoms with Crippen LogP contribution in [0.3, 0.4) is 0 Å². The molecule has 1 aromatic heterocycles. The van der Waals surface area contributed by atoms with Crippen molar-refractivity contribution >= 4 is 22.7 Å². The van der Waals surface area contributed by atoms with E-state index >= 15 is 0 Å². The van der Waals surface area contributed by atoms with E-state index in [4.69, 9.17) is 4.74 Å². The van der Waals surface area contributed by atoms with Gasteiger partial charge in [0.2, 0.25) is 0 Å². The van der Waals surface area contributed by atoms with Crippen LogP contribution in [0.15, 0.2) is 60.7 Å². The summed E-state index contributed by atoms with van der Waals surface area (Å²) < 4.78 is 10.4. The van der Waals surface area contributed by atoms with Gasteiger partial charge in [-0.25, -0.2) is 4.98 Å². The van der Waals surface area contributed by atoms with E-state index in [1.165, 1.54) is 7.11 Å². The second kappa shape index (κ2) is 9.65. The number of nitrogens with zero attached hydrogens (tertiary/aromatic N) is 1. The quantitative estimate of drug-likeness (QED) is 0.306. The molecule has 0 radical (unpaired) electrons. The van der Waals surface area contributed by atoms with Gasteiger partial charge >= 0.3 is 5.97 Å². The Hall–Kier alpha value is -3.21. The number of benzene rings is 2. The molecular formula is C23H23NO4. The van der Waals surface area contributed by atoms with Gasteiger partial charge in [-0.1, -0.05) is 36.4 Å². The lowest BCUT2D eigenvalue weighted by Gasteiger charge is -2.08. The van der Waals surface area contributed by atoms with E-state index in [9.17, 15) is 9.59 Å². The van der Waals surface area contributed by atoms with Gasteiger partial charge in [0.1, 0.15) is 12.4 Å².